The van der Waals surface area contributed by atoms with E-state index >= 15 is 0 Å². The van der Waals surface area contributed by atoms with Gasteiger partial charge >= 0.3 is 0 Å². The summed E-state index contributed by atoms with van der Waals surface area (Å²) in [4.78, 5) is 12.5. The van der Waals surface area contributed by atoms with Crippen molar-refractivity contribution in [3.8, 4) is 0 Å². The fraction of sp³-hybridized carbons (Fsp3) is 0.667. The molecule has 1 amide bonds. The van der Waals surface area contributed by atoms with Crippen LogP contribution in [0.3, 0.4) is 0 Å². The first kappa shape index (κ1) is 12.4. The summed E-state index contributed by atoms with van der Waals surface area (Å²) in [5.41, 5.74) is 6.90. The van der Waals surface area contributed by atoms with Gasteiger partial charge in [-0.2, -0.15) is 0 Å². The molecule has 2 aliphatic carbocycles. The van der Waals surface area contributed by atoms with Crippen LogP contribution in [0.1, 0.15) is 42.2 Å². The summed E-state index contributed by atoms with van der Waals surface area (Å²) in [5.74, 6) is 0.412. The van der Waals surface area contributed by atoms with E-state index in [1.807, 2.05) is 18.3 Å². The van der Waals surface area contributed by atoms with Gasteiger partial charge in [-0.05, 0) is 37.8 Å². The van der Waals surface area contributed by atoms with E-state index < -0.39 is 0 Å². The highest BCUT2D eigenvalue weighted by molar-refractivity contribution is 5.93. The summed E-state index contributed by atoms with van der Waals surface area (Å²) in [7, 11) is 0. The maximum Gasteiger partial charge on any atom is 0.268 e. The minimum Gasteiger partial charge on any atom is -0.376 e. The van der Waals surface area contributed by atoms with Crippen LogP contribution in [0.4, 0.5) is 0 Å². The van der Waals surface area contributed by atoms with Gasteiger partial charge < -0.3 is 20.4 Å². The van der Waals surface area contributed by atoms with Crippen molar-refractivity contribution < 1.29 is 9.53 Å². The highest BCUT2D eigenvalue weighted by Gasteiger charge is 2.52. The van der Waals surface area contributed by atoms with Crippen LogP contribution in [0.5, 0.6) is 0 Å². The second-order valence-electron chi connectivity index (χ2n) is 6.25. The van der Waals surface area contributed by atoms with Gasteiger partial charge in [-0.25, -0.2) is 0 Å². The first-order chi connectivity index (χ1) is 9.75. The number of ether oxygens (including phenoxy) is 1. The van der Waals surface area contributed by atoms with Crippen molar-refractivity contribution in [1.29, 1.82) is 0 Å². The molecule has 5 heteroatoms. The lowest BCUT2D eigenvalue weighted by atomic mass is 9.72. The van der Waals surface area contributed by atoms with Gasteiger partial charge in [-0.3, -0.25) is 4.79 Å². The maximum atomic E-state index is 12.5. The van der Waals surface area contributed by atoms with Crippen molar-refractivity contribution in [2.75, 3.05) is 6.61 Å². The van der Waals surface area contributed by atoms with E-state index in [-0.39, 0.29) is 24.1 Å². The number of fused-ring (bicyclic) bond motifs is 1. The van der Waals surface area contributed by atoms with E-state index in [0.29, 0.717) is 12.0 Å². The molecule has 0 aromatic carbocycles. The van der Waals surface area contributed by atoms with Crippen molar-refractivity contribution in [3.63, 3.8) is 0 Å². The Morgan fingerprint density at radius 1 is 1.40 bits per heavy atom. The van der Waals surface area contributed by atoms with Gasteiger partial charge in [-0.15, -0.1) is 0 Å². The van der Waals surface area contributed by atoms with Crippen LogP contribution in [-0.4, -0.2) is 35.3 Å². The average Bonchev–Trinajstić information content (AvgIpc) is 3.00. The first-order valence-corrected chi connectivity index (χ1v) is 7.60. The molecule has 3 N–H and O–H groups in total. The summed E-state index contributed by atoms with van der Waals surface area (Å²) in [6.07, 6.45) is 6.76. The van der Waals surface area contributed by atoms with E-state index in [1.54, 1.807) is 0 Å². The molecule has 4 rings (SSSR count). The number of amides is 1. The van der Waals surface area contributed by atoms with E-state index in [1.165, 1.54) is 19.3 Å². The lowest BCUT2D eigenvalue weighted by Crippen LogP contribution is -2.69. The molecule has 108 valence electrons. The monoisotopic (exact) mass is 275 g/mol. The Hall–Kier alpha value is -1.33. The third-order valence-electron chi connectivity index (χ3n) is 5.22. The lowest BCUT2D eigenvalue weighted by Gasteiger charge is -2.45. The van der Waals surface area contributed by atoms with Gasteiger partial charge in [0, 0.05) is 30.8 Å². The molecule has 0 spiro atoms. The van der Waals surface area contributed by atoms with Crippen molar-refractivity contribution >= 4 is 5.91 Å². The van der Waals surface area contributed by atoms with Gasteiger partial charge in [0.2, 0.25) is 0 Å². The smallest absolute Gasteiger partial charge is 0.268 e. The molecule has 1 saturated heterocycles. The number of carbonyl (C=O) groups excluding carboxylic acids is 1. The minimum atomic E-state index is -0.0280. The predicted molar refractivity (Wildman–Crippen MR) is 74.4 cm³/mol. The van der Waals surface area contributed by atoms with Crippen LogP contribution in [0, 0.1) is 5.92 Å². The summed E-state index contributed by atoms with van der Waals surface area (Å²) >= 11 is 0. The fourth-order valence-electron chi connectivity index (χ4n) is 3.72. The predicted octanol–water partition coefficient (Wildman–Crippen LogP) is 1.06. The summed E-state index contributed by atoms with van der Waals surface area (Å²) in [5, 5.41) is 3.07. The fourth-order valence-corrected chi connectivity index (χ4v) is 3.72. The molecular weight excluding hydrogens is 254 g/mol. The largest absolute Gasteiger partial charge is 0.376 e. The molecule has 4 unspecified atom stereocenters. The molecule has 1 aromatic heterocycles. The molecule has 2 saturated carbocycles. The topological polar surface area (TPSA) is 69.3 Å². The van der Waals surface area contributed by atoms with Crippen molar-refractivity contribution in [2.45, 2.75) is 49.9 Å². The van der Waals surface area contributed by atoms with Gasteiger partial charge in [0.05, 0.1) is 12.1 Å². The molecule has 0 bridgehead atoms. The number of nitrogens with two attached hydrogens (primary N) is 1. The Kier molecular flexibility index (Phi) is 2.86. The van der Waals surface area contributed by atoms with E-state index in [9.17, 15) is 4.79 Å². The molecule has 1 aromatic rings. The Morgan fingerprint density at radius 3 is 3.00 bits per heavy atom. The van der Waals surface area contributed by atoms with Gasteiger partial charge in [0.25, 0.3) is 5.91 Å². The summed E-state index contributed by atoms with van der Waals surface area (Å²) < 4.78 is 7.77. The molecular formula is C15H21N3O2. The zero-order valence-electron chi connectivity index (χ0n) is 11.5. The Morgan fingerprint density at radius 2 is 2.25 bits per heavy atom. The van der Waals surface area contributed by atoms with Crippen LogP contribution >= 0.6 is 0 Å². The minimum absolute atomic E-state index is 0.0173. The zero-order chi connectivity index (χ0) is 13.7. The van der Waals surface area contributed by atoms with E-state index in [0.717, 1.165) is 18.7 Å². The Labute approximate surface area is 118 Å². The van der Waals surface area contributed by atoms with Crippen molar-refractivity contribution in [1.82, 2.24) is 9.88 Å². The number of hydrogen-bond donors (Lipinski definition) is 2. The van der Waals surface area contributed by atoms with Crippen molar-refractivity contribution in [2.24, 2.45) is 11.7 Å². The molecule has 3 fully saturated rings. The Balaban J connectivity index is 1.47. The lowest BCUT2D eigenvalue weighted by molar-refractivity contribution is -0.0162. The van der Waals surface area contributed by atoms with E-state index in [4.69, 9.17) is 10.5 Å². The highest BCUT2D eigenvalue weighted by Crippen LogP contribution is 2.38. The number of aromatic nitrogens is 1. The summed E-state index contributed by atoms with van der Waals surface area (Å²) in [6, 6.07) is 4.35. The molecule has 2 heterocycles. The zero-order valence-corrected chi connectivity index (χ0v) is 11.5. The number of hydrogen-bond acceptors (Lipinski definition) is 3. The number of rotatable bonds is 3. The van der Waals surface area contributed by atoms with E-state index in [2.05, 4.69) is 9.88 Å². The number of carbonyl (C=O) groups is 1. The standard InChI is InChI=1S/C15H21N3O2/c16-12-10-6-8-20-14(10)13(12)17-15(19)11-5-2-7-18(11)9-3-1-4-9/h2,5,7,9-10,12-14H,1,3-4,6,8,16H2,(H,17,19). The molecule has 5 nitrogen and oxygen atoms in total. The Bertz CT molecular complexity index is 523. The second-order valence-corrected chi connectivity index (χ2v) is 6.25. The van der Waals surface area contributed by atoms with Crippen LogP contribution in [0.15, 0.2) is 18.3 Å². The van der Waals surface area contributed by atoms with Crippen LogP contribution in [0.2, 0.25) is 0 Å². The maximum absolute atomic E-state index is 12.5. The first-order valence-electron chi connectivity index (χ1n) is 7.60. The van der Waals surface area contributed by atoms with Crippen molar-refractivity contribution in [3.05, 3.63) is 24.0 Å². The summed E-state index contributed by atoms with van der Waals surface area (Å²) in [6.45, 7) is 0.772. The molecule has 20 heavy (non-hydrogen) atoms. The third-order valence-corrected chi connectivity index (χ3v) is 5.22. The highest BCUT2D eigenvalue weighted by atomic mass is 16.5. The van der Waals surface area contributed by atoms with Gasteiger partial charge in [-0.1, -0.05) is 0 Å². The third kappa shape index (κ3) is 1.73. The number of nitrogens with zero attached hydrogens (tertiary/aromatic N) is 1. The SMILES string of the molecule is NC1C2CCOC2C1NC(=O)c1cccn1C1CCC1. The van der Waals surface area contributed by atoms with Crippen LogP contribution < -0.4 is 11.1 Å². The second kappa shape index (κ2) is 4.60. The number of nitrogens with one attached hydrogen (secondary N) is 1. The van der Waals surface area contributed by atoms with Crippen LogP contribution in [0.25, 0.3) is 0 Å². The molecule has 3 aliphatic rings. The normalized spacial score (nSPS) is 36.0. The average molecular weight is 275 g/mol. The van der Waals surface area contributed by atoms with Crippen LogP contribution in [-0.2, 0) is 4.74 Å². The quantitative estimate of drug-likeness (QED) is 0.866. The van der Waals surface area contributed by atoms with Gasteiger partial charge in [0.15, 0.2) is 0 Å². The molecule has 4 atom stereocenters. The molecule has 0 radical (unpaired) electrons. The van der Waals surface area contributed by atoms with Gasteiger partial charge in [0.1, 0.15) is 5.69 Å². The molecule has 1 aliphatic heterocycles.